The Balaban J connectivity index is 1.57. The summed E-state index contributed by atoms with van der Waals surface area (Å²) in [6, 6.07) is 5.23. The first-order valence-corrected chi connectivity index (χ1v) is 9.76. The van der Waals surface area contributed by atoms with Crippen molar-refractivity contribution in [2.24, 2.45) is 17.8 Å². The second kappa shape index (κ2) is 6.44. The van der Waals surface area contributed by atoms with Crippen LogP contribution in [-0.4, -0.2) is 30.2 Å². The van der Waals surface area contributed by atoms with Gasteiger partial charge in [0, 0.05) is 24.3 Å². The summed E-state index contributed by atoms with van der Waals surface area (Å²) in [6.45, 7) is 3.64. The van der Waals surface area contributed by atoms with Crippen LogP contribution < -0.4 is 20.1 Å². The second-order valence-electron chi connectivity index (χ2n) is 8.65. The number of methoxy groups -OCH3 is 1. The topological polar surface area (TPSA) is 76.7 Å². The number of ether oxygens (including phenoxy) is 2. The van der Waals surface area contributed by atoms with Crippen LogP contribution in [0.1, 0.15) is 49.9 Å². The van der Waals surface area contributed by atoms with E-state index in [2.05, 4.69) is 16.6 Å². The van der Waals surface area contributed by atoms with Gasteiger partial charge in [-0.15, -0.1) is 6.42 Å². The highest BCUT2D eigenvalue weighted by atomic mass is 16.5. The predicted molar refractivity (Wildman–Crippen MR) is 104 cm³/mol. The number of carbonyl (C=O) groups is 2. The Morgan fingerprint density at radius 1 is 1.43 bits per heavy atom. The minimum Gasteiger partial charge on any atom is -0.497 e. The van der Waals surface area contributed by atoms with Crippen molar-refractivity contribution in [3.63, 3.8) is 0 Å². The van der Waals surface area contributed by atoms with Crippen LogP contribution >= 0.6 is 0 Å². The lowest BCUT2D eigenvalue weighted by Gasteiger charge is -2.55. The Bertz CT molecular complexity index is 872. The first-order valence-electron chi connectivity index (χ1n) is 9.76. The first-order chi connectivity index (χ1) is 13.3. The van der Waals surface area contributed by atoms with Crippen molar-refractivity contribution in [3.05, 3.63) is 23.8 Å². The largest absolute Gasteiger partial charge is 0.497 e. The summed E-state index contributed by atoms with van der Waals surface area (Å²) in [5.41, 5.74) is -0.910. The van der Waals surface area contributed by atoms with Crippen molar-refractivity contribution >= 4 is 11.8 Å². The van der Waals surface area contributed by atoms with Crippen molar-refractivity contribution in [2.75, 3.05) is 7.11 Å². The van der Waals surface area contributed by atoms with Crippen molar-refractivity contribution in [3.8, 4) is 23.8 Å². The van der Waals surface area contributed by atoms with E-state index in [-0.39, 0.29) is 29.6 Å². The Labute approximate surface area is 165 Å². The summed E-state index contributed by atoms with van der Waals surface area (Å²) in [4.78, 5) is 25.6. The van der Waals surface area contributed by atoms with E-state index < -0.39 is 11.3 Å². The monoisotopic (exact) mass is 382 g/mol. The highest BCUT2D eigenvalue weighted by molar-refractivity contribution is 5.98. The maximum Gasteiger partial charge on any atom is 0.258 e. The van der Waals surface area contributed by atoms with Crippen molar-refractivity contribution in [1.29, 1.82) is 0 Å². The molecular weight excluding hydrogens is 356 g/mol. The fourth-order valence-electron chi connectivity index (χ4n) is 4.88. The normalized spacial score (nSPS) is 30.6. The van der Waals surface area contributed by atoms with Gasteiger partial charge in [0.25, 0.3) is 5.91 Å². The molecule has 2 N–H and O–H groups in total. The summed E-state index contributed by atoms with van der Waals surface area (Å²) in [7, 11) is 1.59. The number of amides is 2. The smallest absolute Gasteiger partial charge is 0.258 e. The molecule has 1 aliphatic heterocycles. The van der Waals surface area contributed by atoms with Crippen molar-refractivity contribution < 1.29 is 19.1 Å². The number of nitrogens with one attached hydrogen (secondary N) is 2. The average Bonchev–Trinajstić information content (AvgIpc) is 2.67. The fraction of sp³-hybridized carbons (Fsp3) is 0.545. The summed E-state index contributed by atoms with van der Waals surface area (Å²) in [6.07, 6.45) is 8.68. The van der Waals surface area contributed by atoms with Crippen molar-refractivity contribution in [2.45, 2.75) is 50.8 Å². The van der Waals surface area contributed by atoms with E-state index in [4.69, 9.17) is 15.9 Å². The molecule has 2 bridgehead atoms. The third-order valence-corrected chi connectivity index (χ3v) is 6.40. The van der Waals surface area contributed by atoms with E-state index in [9.17, 15) is 9.59 Å². The Morgan fingerprint density at radius 2 is 2.21 bits per heavy atom. The Kier molecular flexibility index (Phi) is 4.29. The zero-order chi connectivity index (χ0) is 20.1. The van der Waals surface area contributed by atoms with E-state index in [0.29, 0.717) is 29.9 Å². The lowest BCUT2D eigenvalue weighted by Crippen LogP contribution is -2.67. The molecule has 0 aromatic heterocycles. The molecular formula is C22H26N2O4. The number of terminal acetylenes is 1. The first kappa shape index (κ1) is 18.7. The maximum absolute atomic E-state index is 12.8. The molecule has 4 aliphatic rings. The summed E-state index contributed by atoms with van der Waals surface area (Å²) >= 11 is 0. The zero-order valence-corrected chi connectivity index (χ0v) is 16.5. The molecule has 5 rings (SSSR count). The van der Waals surface area contributed by atoms with Gasteiger partial charge in [-0.2, -0.15) is 0 Å². The molecule has 148 valence electrons. The number of hydrogen-bond acceptors (Lipinski definition) is 4. The molecule has 1 spiro atoms. The van der Waals surface area contributed by atoms with Gasteiger partial charge < -0.3 is 20.1 Å². The summed E-state index contributed by atoms with van der Waals surface area (Å²) in [5.74, 6) is 3.79. The van der Waals surface area contributed by atoms with Crippen LogP contribution in [0.25, 0.3) is 0 Å². The van der Waals surface area contributed by atoms with E-state index >= 15 is 0 Å². The van der Waals surface area contributed by atoms with Crippen LogP contribution in [0.5, 0.6) is 11.5 Å². The molecule has 3 saturated carbocycles. The highest BCUT2D eigenvalue weighted by Crippen LogP contribution is 2.52. The van der Waals surface area contributed by atoms with Gasteiger partial charge >= 0.3 is 0 Å². The average molecular weight is 382 g/mol. The van der Waals surface area contributed by atoms with Gasteiger partial charge in [-0.05, 0) is 51.2 Å². The number of rotatable bonds is 3. The fourth-order valence-corrected chi connectivity index (χ4v) is 4.88. The molecule has 0 saturated heterocycles. The maximum atomic E-state index is 12.8. The molecule has 0 unspecified atom stereocenters. The van der Waals surface area contributed by atoms with Gasteiger partial charge in [-0.25, -0.2) is 0 Å². The number of carbonyl (C=O) groups excluding carboxylic acids is 2. The lowest BCUT2D eigenvalue weighted by molar-refractivity contribution is -0.147. The van der Waals surface area contributed by atoms with Crippen LogP contribution in [0, 0.1) is 30.1 Å². The molecule has 3 aliphatic carbocycles. The predicted octanol–water partition coefficient (Wildman–Crippen LogP) is 2.48. The zero-order valence-electron chi connectivity index (χ0n) is 16.5. The minimum atomic E-state index is -0.752. The van der Waals surface area contributed by atoms with E-state index in [1.165, 1.54) is 0 Å². The van der Waals surface area contributed by atoms with Gasteiger partial charge in [0.05, 0.1) is 18.2 Å². The van der Waals surface area contributed by atoms with Gasteiger partial charge in [0.1, 0.15) is 11.5 Å². The quantitative estimate of drug-likeness (QED) is 0.788. The van der Waals surface area contributed by atoms with E-state index in [1.807, 2.05) is 13.8 Å². The van der Waals surface area contributed by atoms with Crippen LogP contribution in [0.2, 0.25) is 0 Å². The van der Waals surface area contributed by atoms with Gasteiger partial charge in [0.2, 0.25) is 5.91 Å². The van der Waals surface area contributed by atoms with Crippen LogP contribution in [0.4, 0.5) is 0 Å². The van der Waals surface area contributed by atoms with E-state index in [0.717, 1.165) is 12.8 Å². The number of benzene rings is 1. The molecule has 3 fully saturated rings. The molecule has 2 amide bonds. The van der Waals surface area contributed by atoms with E-state index in [1.54, 1.807) is 25.3 Å². The molecule has 4 atom stereocenters. The Hall–Kier alpha value is -2.68. The standard InChI is InChI=1S/C22H26N2O4/c1-5-21(2,3)23-20(26)17-10-14-7-6-13(17)12-22(14)24-19(25)16-9-8-15(27-4)11-18(16)28-22/h1,8-9,11,13-14,17H,6-7,10,12H2,2-4H3,(H,23,26)(H,24,25)/t13-,14+,17-,22-/m0/s1. The molecule has 6 nitrogen and oxygen atoms in total. The second-order valence-corrected chi connectivity index (χ2v) is 8.65. The van der Waals surface area contributed by atoms with Crippen molar-refractivity contribution in [1.82, 2.24) is 10.6 Å². The van der Waals surface area contributed by atoms with Gasteiger partial charge in [0.15, 0.2) is 5.72 Å². The third kappa shape index (κ3) is 2.99. The molecule has 1 aromatic carbocycles. The molecule has 0 radical (unpaired) electrons. The summed E-state index contributed by atoms with van der Waals surface area (Å²) in [5, 5.41) is 6.08. The van der Waals surface area contributed by atoms with Crippen LogP contribution in [-0.2, 0) is 4.79 Å². The third-order valence-electron chi connectivity index (χ3n) is 6.40. The molecule has 28 heavy (non-hydrogen) atoms. The summed E-state index contributed by atoms with van der Waals surface area (Å²) < 4.78 is 11.7. The minimum absolute atomic E-state index is 0.00305. The van der Waals surface area contributed by atoms with Gasteiger partial charge in [-0.1, -0.05) is 5.92 Å². The van der Waals surface area contributed by atoms with Crippen LogP contribution in [0.15, 0.2) is 18.2 Å². The lowest BCUT2D eigenvalue weighted by atomic mass is 9.59. The SMILES string of the molecule is C#CC(C)(C)NC(=O)[C@H]1C[C@H]2CC[C@H]1C[C@@]21NC(=O)c2ccc(OC)cc2O1. The van der Waals surface area contributed by atoms with Crippen LogP contribution in [0.3, 0.4) is 0 Å². The molecule has 1 heterocycles. The Morgan fingerprint density at radius 3 is 2.86 bits per heavy atom. The number of hydrogen-bond donors (Lipinski definition) is 2. The number of fused-ring (bicyclic) bond motifs is 3. The molecule has 6 heteroatoms. The highest BCUT2D eigenvalue weighted by Gasteiger charge is 2.57. The molecule has 1 aromatic rings. The van der Waals surface area contributed by atoms with Gasteiger partial charge in [-0.3, -0.25) is 9.59 Å².